The van der Waals surface area contributed by atoms with Gasteiger partial charge < -0.3 is 0 Å². The van der Waals surface area contributed by atoms with Gasteiger partial charge in [0.1, 0.15) is 4.75 Å². The van der Waals surface area contributed by atoms with Gasteiger partial charge in [-0.2, -0.15) is 31.6 Å². The monoisotopic (exact) mass is 341 g/mol. The molecule has 1 rings (SSSR count). The molecule has 8 heteroatoms. The van der Waals surface area contributed by atoms with Gasteiger partial charge in [-0.15, -0.1) is 11.8 Å². The molecule has 0 aliphatic carbocycles. The molecule has 0 aliphatic rings. The Kier molecular flexibility index (Phi) is 5.79. The van der Waals surface area contributed by atoms with Crippen molar-refractivity contribution < 1.29 is 26.3 Å². The highest BCUT2D eigenvalue weighted by Crippen LogP contribution is 2.36. The average molecular weight is 341 g/mol. The highest BCUT2D eigenvalue weighted by atomic mass is 32.2. The van der Waals surface area contributed by atoms with Gasteiger partial charge in [0.15, 0.2) is 0 Å². The van der Waals surface area contributed by atoms with Crippen molar-refractivity contribution >= 4 is 11.8 Å². The van der Waals surface area contributed by atoms with E-state index in [1.54, 1.807) is 0 Å². The molecule has 1 unspecified atom stereocenters. The summed E-state index contributed by atoms with van der Waals surface area (Å²) < 4.78 is 73.1. The fourth-order valence-electron chi connectivity index (χ4n) is 1.89. The normalized spacial score (nSPS) is 15.2. The summed E-state index contributed by atoms with van der Waals surface area (Å²) in [7, 11) is 0. The standard InChI is InChI=1S/C14H13F6NS/c1-22-12(9-21,6-7-13(15,16)17)8-10-2-4-11(5-3-10)14(18,19)20/h2-5H,6-8H2,1H3. The Bertz CT molecular complexity index is 528. The van der Waals surface area contributed by atoms with Crippen molar-refractivity contribution in [2.45, 2.75) is 36.4 Å². The summed E-state index contributed by atoms with van der Waals surface area (Å²) in [6.45, 7) is 0. The number of thioether (sulfide) groups is 1. The molecule has 0 saturated carbocycles. The summed E-state index contributed by atoms with van der Waals surface area (Å²) in [4.78, 5) is 0. The van der Waals surface area contributed by atoms with Gasteiger partial charge in [0.2, 0.25) is 0 Å². The van der Waals surface area contributed by atoms with Gasteiger partial charge in [-0.1, -0.05) is 12.1 Å². The van der Waals surface area contributed by atoms with Crippen molar-refractivity contribution in [1.82, 2.24) is 0 Å². The second kappa shape index (κ2) is 6.82. The Morgan fingerprint density at radius 2 is 1.55 bits per heavy atom. The topological polar surface area (TPSA) is 23.8 Å². The number of alkyl halides is 6. The minimum Gasteiger partial charge on any atom is -0.197 e. The van der Waals surface area contributed by atoms with Crippen LogP contribution in [-0.2, 0) is 12.6 Å². The summed E-state index contributed by atoms with van der Waals surface area (Å²) in [6, 6.07) is 5.98. The molecule has 0 N–H and O–H groups in total. The number of hydrogen-bond donors (Lipinski definition) is 0. The molecule has 0 aliphatic heterocycles. The van der Waals surface area contributed by atoms with E-state index in [-0.39, 0.29) is 6.42 Å². The lowest BCUT2D eigenvalue weighted by molar-refractivity contribution is -0.138. The van der Waals surface area contributed by atoms with Crippen molar-refractivity contribution in [2.24, 2.45) is 0 Å². The lowest BCUT2D eigenvalue weighted by atomic mass is 9.94. The summed E-state index contributed by atoms with van der Waals surface area (Å²) in [5.41, 5.74) is -0.440. The van der Waals surface area contributed by atoms with E-state index in [4.69, 9.17) is 0 Å². The maximum atomic E-state index is 12.5. The third kappa shape index (κ3) is 5.44. The van der Waals surface area contributed by atoms with Crippen LogP contribution in [0, 0.1) is 11.3 Å². The largest absolute Gasteiger partial charge is 0.416 e. The van der Waals surface area contributed by atoms with Gasteiger partial charge in [-0.25, -0.2) is 0 Å². The lowest BCUT2D eigenvalue weighted by Gasteiger charge is -2.25. The van der Waals surface area contributed by atoms with Gasteiger partial charge >= 0.3 is 12.4 Å². The summed E-state index contributed by atoms with van der Waals surface area (Å²) in [5, 5.41) is 9.20. The molecule has 1 atom stereocenters. The maximum absolute atomic E-state index is 12.5. The highest BCUT2D eigenvalue weighted by molar-refractivity contribution is 8.00. The second-order valence-electron chi connectivity index (χ2n) is 4.80. The summed E-state index contributed by atoms with van der Waals surface area (Å²) in [5.74, 6) is 0. The van der Waals surface area contributed by atoms with Gasteiger partial charge in [-0.05, 0) is 30.4 Å². The molecule has 0 aromatic heterocycles. The van der Waals surface area contributed by atoms with Crippen molar-refractivity contribution in [3.63, 3.8) is 0 Å². The average Bonchev–Trinajstić information content (AvgIpc) is 2.42. The van der Waals surface area contributed by atoms with Crippen LogP contribution in [0.1, 0.15) is 24.0 Å². The molecule has 22 heavy (non-hydrogen) atoms. The number of hydrogen-bond acceptors (Lipinski definition) is 2. The number of nitrogens with zero attached hydrogens (tertiary/aromatic N) is 1. The molecule has 0 saturated heterocycles. The Balaban J connectivity index is 2.90. The fraction of sp³-hybridized carbons (Fsp3) is 0.500. The molecule has 0 radical (unpaired) electrons. The van der Waals surface area contributed by atoms with Crippen LogP contribution >= 0.6 is 11.8 Å². The Morgan fingerprint density at radius 3 is 1.91 bits per heavy atom. The van der Waals surface area contributed by atoms with Gasteiger partial charge in [0, 0.05) is 12.8 Å². The molecule has 1 aromatic carbocycles. The predicted molar refractivity (Wildman–Crippen MR) is 72.3 cm³/mol. The molecule has 0 spiro atoms. The van der Waals surface area contributed by atoms with E-state index in [1.165, 1.54) is 18.4 Å². The van der Waals surface area contributed by atoms with Gasteiger partial charge in [0.05, 0.1) is 11.6 Å². The number of rotatable bonds is 5. The van der Waals surface area contributed by atoms with Crippen molar-refractivity contribution in [3.05, 3.63) is 35.4 Å². The molecule has 0 heterocycles. The highest BCUT2D eigenvalue weighted by Gasteiger charge is 2.36. The first kappa shape index (κ1) is 18.7. The molecule has 122 valence electrons. The van der Waals surface area contributed by atoms with E-state index in [9.17, 15) is 31.6 Å². The molecule has 1 aromatic rings. The second-order valence-corrected chi connectivity index (χ2v) is 5.99. The van der Waals surface area contributed by atoms with Crippen LogP contribution < -0.4 is 0 Å². The smallest absolute Gasteiger partial charge is 0.197 e. The Hall–Kier alpha value is -1.36. The number of nitriles is 1. The quantitative estimate of drug-likeness (QED) is 0.686. The zero-order valence-corrected chi connectivity index (χ0v) is 12.4. The number of benzene rings is 1. The van der Waals surface area contributed by atoms with Gasteiger partial charge in [0.25, 0.3) is 0 Å². The minimum atomic E-state index is -4.47. The first-order valence-electron chi connectivity index (χ1n) is 6.21. The molecule has 1 nitrogen and oxygen atoms in total. The summed E-state index contributed by atoms with van der Waals surface area (Å²) in [6.07, 6.45) is -8.89. The lowest BCUT2D eigenvalue weighted by Crippen LogP contribution is -2.28. The minimum absolute atomic E-state index is 0.0428. The van der Waals surface area contributed by atoms with Crippen molar-refractivity contribution in [2.75, 3.05) is 6.26 Å². The van der Waals surface area contributed by atoms with Crippen LogP contribution in [0.2, 0.25) is 0 Å². The van der Waals surface area contributed by atoms with Crippen LogP contribution in [0.3, 0.4) is 0 Å². The van der Waals surface area contributed by atoms with E-state index in [1.807, 2.05) is 6.07 Å². The molecule has 0 bridgehead atoms. The molecular weight excluding hydrogens is 328 g/mol. The fourth-order valence-corrected chi connectivity index (χ4v) is 2.60. The third-order valence-corrected chi connectivity index (χ3v) is 4.40. The van der Waals surface area contributed by atoms with Gasteiger partial charge in [-0.3, -0.25) is 0 Å². The van der Waals surface area contributed by atoms with E-state index in [0.717, 1.165) is 23.9 Å². The Morgan fingerprint density at radius 1 is 1.00 bits per heavy atom. The number of halogens is 6. The van der Waals surface area contributed by atoms with Crippen LogP contribution in [0.25, 0.3) is 0 Å². The van der Waals surface area contributed by atoms with E-state index >= 15 is 0 Å². The summed E-state index contributed by atoms with van der Waals surface area (Å²) >= 11 is 0.979. The van der Waals surface area contributed by atoms with Crippen molar-refractivity contribution in [3.8, 4) is 6.07 Å². The van der Waals surface area contributed by atoms with Crippen LogP contribution in [-0.4, -0.2) is 17.2 Å². The van der Waals surface area contributed by atoms with E-state index in [2.05, 4.69) is 0 Å². The Labute approximate surface area is 128 Å². The van der Waals surface area contributed by atoms with E-state index in [0.29, 0.717) is 5.56 Å². The SMILES string of the molecule is CSC(C#N)(CCC(F)(F)F)Cc1ccc(C(F)(F)F)cc1. The van der Waals surface area contributed by atoms with E-state index < -0.39 is 35.5 Å². The third-order valence-electron chi connectivity index (χ3n) is 3.18. The van der Waals surface area contributed by atoms with Crippen LogP contribution in [0.4, 0.5) is 26.3 Å². The maximum Gasteiger partial charge on any atom is 0.416 e. The molecular formula is C14H13F6NS. The predicted octanol–water partition coefficient (Wildman–Crippen LogP) is 5.22. The first-order chi connectivity index (χ1) is 10.0. The van der Waals surface area contributed by atoms with Crippen LogP contribution in [0.15, 0.2) is 24.3 Å². The van der Waals surface area contributed by atoms with Crippen molar-refractivity contribution in [1.29, 1.82) is 5.26 Å². The first-order valence-corrected chi connectivity index (χ1v) is 7.43. The van der Waals surface area contributed by atoms with Crippen LogP contribution in [0.5, 0.6) is 0 Å². The molecule has 0 fully saturated rings. The molecule has 0 amide bonds. The zero-order valence-electron chi connectivity index (χ0n) is 11.6. The zero-order chi connectivity index (χ0) is 17.0.